The molecule has 0 aromatic heterocycles. The number of halogens is 1. The molecule has 0 aliphatic carbocycles. The largest absolute Gasteiger partial charge is 0.508 e. The normalized spacial score (nSPS) is 18.9. The molecule has 2 unspecified atom stereocenters. The van der Waals surface area contributed by atoms with Gasteiger partial charge in [-0.15, -0.1) is 0 Å². The number of benzene rings is 4. The van der Waals surface area contributed by atoms with Gasteiger partial charge in [0.2, 0.25) is 5.91 Å². The number of carbonyl (C=O) groups excluding carboxylic acids is 1. The van der Waals surface area contributed by atoms with Gasteiger partial charge in [-0.3, -0.25) is 10.1 Å². The number of hydrogen-bond donors (Lipinski definition) is 3. The third-order valence-electron chi connectivity index (χ3n) is 7.84. The van der Waals surface area contributed by atoms with Crippen molar-refractivity contribution in [3.63, 3.8) is 0 Å². The van der Waals surface area contributed by atoms with E-state index < -0.39 is 5.54 Å². The van der Waals surface area contributed by atoms with E-state index in [2.05, 4.69) is 37.4 Å². The molecule has 3 N–H and O–H groups in total. The Labute approximate surface area is 241 Å². The van der Waals surface area contributed by atoms with Crippen LogP contribution >= 0.6 is 11.6 Å². The lowest BCUT2D eigenvalue weighted by Gasteiger charge is -2.34. The molecule has 206 valence electrons. The fraction of sp³-hybridized carbons (Fsp3) is 0.265. The molecule has 0 bridgehead atoms. The van der Waals surface area contributed by atoms with E-state index in [4.69, 9.17) is 11.6 Å². The summed E-state index contributed by atoms with van der Waals surface area (Å²) in [6.45, 7) is 6.57. The van der Waals surface area contributed by atoms with Gasteiger partial charge < -0.3 is 15.1 Å². The predicted molar refractivity (Wildman–Crippen MR) is 161 cm³/mol. The number of rotatable bonds is 7. The van der Waals surface area contributed by atoms with Crippen molar-refractivity contribution in [3.8, 4) is 11.5 Å². The molecule has 0 spiro atoms. The van der Waals surface area contributed by atoms with Gasteiger partial charge in [0, 0.05) is 10.7 Å². The predicted octanol–water partition coefficient (Wildman–Crippen LogP) is 7.10. The number of nitrogens with zero attached hydrogens (tertiary/aromatic N) is 1. The fourth-order valence-corrected chi connectivity index (χ4v) is 5.97. The lowest BCUT2D eigenvalue weighted by atomic mass is 9.87. The summed E-state index contributed by atoms with van der Waals surface area (Å²) in [7, 11) is 0. The fourth-order valence-electron chi connectivity index (χ4n) is 5.79. The molecule has 5 rings (SSSR count). The Morgan fingerprint density at radius 3 is 2.30 bits per heavy atom. The van der Waals surface area contributed by atoms with Crippen LogP contribution in [0, 0.1) is 0 Å². The van der Waals surface area contributed by atoms with Crippen LogP contribution in [0.15, 0.2) is 84.9 Å². The number of nitrogens with one attached hydrogen (secondary N) is 1. The third kappa shape index (κ3) is 5.58. The first-order valence-corrected chi connectivity index (χ1v) is 14.1. The highest BCUT2D eigenvalue weighted by atomic mass is 35.5. The second-order valence-corrected chi connectivity index (χ2v) is 11.2. The summed E-state index contributed by atoms with van der Waals surface area (Å²) in [5.41, 5.74) is 6.08. The molecule has 0 radical (unpaired) electrons. The average Bonchev–Trinajstić information content (AvgIpc) is 3.02. The number of phenols is 2. The molecule has 5 nitrogen and oxygen atoms in total. The van der Waals surface area contributed by atoms with Crippen molar-refractivity contribution in [2.24, 2.45) is 0 Å². The van der Waals surface area contributed by atoms with Crippen molar-refractivity contribution in [1.29, 1.82) is 0 Å². The van der Waals surface area contributed by atoms with Crippen molar-refractivity contribution in [2.45, 2.75) is 58.2 Å². The molecule has 0 fully saturated rings. The highest BCUT2D eigenvalue weighted by molar-refractivity contribution is 6.30. The zero-order valence-electron chi connectivity index (χ0n) is 23.1. The minimum atomic E-state index is -0.983. The maximum absolute atomic E-state index is 14.6. The van der Waals surface area contributed by atoms with E-state index in [9.17, 15) is 15.0 Å². The molecule has 1 aliphatic rings. The van der Waals surface area contributed by atoms with Crippen molar-refractivity contribution >= 4 is 23.2 Å². The van der Waals surface area contributed by atoms with Gasteiger partial charge in [-0.2, -0.15) is 0 Å². The minimum Gasteiger partial charge on any atom is -0.508 e. The van der Waals surface area contributed by atoms with Crippen LogP contribution in [0.4, 0.5) is 5.69 Å². The smallest absolute Gasteiger partial charge is 0.247 e. The van der Waals surface area contributed by atoms with Crippen molar-refractivity contribution < 1.29 is 15.0 Å². The van der Waals surface area contributed by atoms with Crippen LogP contribution in [-0.2, 0) is 30.6 Å². The summed E-state index contributed by atoms with van der Waals surface area (Å²) < 4.78 is 0. The maximum Gasteiger partial charge on any atom is 0.247 e. The molecule has 6 heteroatoms. The third-order valence-corrected chi connectivity index (χ3v) is 8.07. The molecule has 4 aromatic rings. The van der Waals surface area contributed by atoms with E-state index in [-0.39, 0.29) is 30.0 Å². The first kappa shape index (κ1) is 27.8. The van der Waals surface area contributed by atoms with Gasteiger partial charge in [-0.05, 0) is 102 Å². The summed E-state index contributed by atoms with van der Waals surface area (Å²) in [4.78, 5) is 16.4. The number of carbonyl (C=O) groups is 1. The van der Waals surface area contributed by atoms with Gasteiger partial charge in [0.15, 0.2) is 0 Å². The van der Waals surface area contributed by atoms with E-state index in [1.54, 1.807) is 41.3 Å². The average molecular weight is 555 g/mol. The van der Waals surface area contributed by atoms with Crippen LogP contribution in [0.5, 0.6) is 11.5 Å². The number of amides is 1. The Hall–Kier alpha value is -3.80. The van der Waals surface area contributed by atoms with Gasteiger partial charge in [-0.25, -0.2) is 0 Å². The van der Waals surface area contributed by atoms with Crippen molar-refractivity contribution in [3.05, 3.63) is 123 Å². The standard InChI is InChI=1S/C34H35ClN2O3/c1-4-24-10-9-22(17-25(24)5-2)20-34(3)33(40)37(21-23-7-6-8-29(39)18-23)31-16-13-27(35)19-30(31)32(36-34)26-11-14-28(38)15-12-26/h6-19,32,36,38-39H,4-5,20-21H2,1-3H3. The Bertz CT molecular complexity index is 1530. The van der Waals surface area contributed by atoms with Crippen molar-refractivity contribution in [2.75, 3.05) is 4.90 Å². The first-order chi connectivity index (χ1) is 19.2. The van der Waals surface area contributed by atoms with E-state index in [1.807, 2.05) is 37.3 Å². The van der Waals surface area contributed by atoms with Crippen LogP contribution in [0.25, 0.3) is 0 Å². The number of fused-ring (bicyclic) bond motifs is 1. The molecule has 4 aromatic carbocycles. The number of hydrogen-bond acceptors (Lipinski definition) is 4. The first-order valence-electron chi connectivity index (χ1n) is 13.8. The monoisotopic (exact) mass is 554 g/mol. The number of aromatic hydroxyl groups is 2. The molecule has 40 heavy (non-hydrogen) atoms. The molecule has 1 aliphatic heterocycles. The zero-order valence-corrected chi connectivity index (χ0v) is 23.9. The molecule has 2 atom stereocenters. The Morgan fingerprint density at radius 1 is 0.850 bits per heavy atom. The van der Waals surface area contributed by atoms with Crippen LogP contribution in [-0.4, -0.2) is 21.7 Å². The topological polar surface area (TPSA) is 72.8 Å². The molecule has 1 amide bonds. The second-order valence-electron chi connectivity index (χ2n) is 10.8. The molecule has 0 saturated carbocycles. The summed E-state index contributed by atoms with van der Waals surface area (Å²) in [6, 6.07) is 25.8. The number of anilines is 1. The maximum atomic E-state index is 14.6. The van der Waals surface area contributed by atoms with Crippen LogP contribution < -0.4 is 10.2 Å². The van der Waals surface area contributed by atoms with Gasteiger partial charge >= 0.3 is 0 Å². The number of phenolic OH excluding ortho intramolecular Hbond substituents is 2. The summed E-state index contributed by atoms with van der Waals surface area (Å²) in [5, 5.41) is 24.4. The minimum absolute atomic E-state index is 0.0710. The molecule has 1 heterocycles. The molecular formula is C34H35ClN2O3. The lowest BCUT2D eigenvalue weighted by molar-refractivity contribution is -0.124. The molecule has 0 saturated heterocycles. The van der Waals surface area contributed by atoms with Gasteiger partial charge in [0.1, 0.15) is 17.0 Å². The van der Waals surface area contributed by atoms with Gasteiger partial charge in [0.05, 0.1) is 12.6 Å². The summed E-state index contributed by atoms with van der Waals surface area (Å²) in [6.07, 6.45) is 2.38. The second kappa shape index (κ2) is 11.4. The summed E-state index contributed by atoms with van der Waals surface area (Å²) in [5.74, 6) is 0.261. The molecular weight excluding hydrogens is 520 g/mol. The number of aryl methyl sites for hydroxylation is 2. The van der Waals surface area contributed by atoms with E-state index in [0.29, 0.717) is 11.4 Å². The highest BCUT2D eigenvalue weighted by Crippen LogP contribution is 2.40. The lowest BCUT2D eigenvalue weighted by Crippen LogP contribution is -2.56. The summed E-state index contributed by atoms with van der Waals surface area (Å²) >= 11 is 6.53. The van der Waals surface area contributed by atoms with Crippen LogP contribution in [0.2, 0.25) is 5.02 Å². The Kier molecular flexibility index (Phi) is 7.88. The Morgan fingerprint density at radius 2 is 1.60 bits per heavy atom. The van der Waals surface area contributed by atoms with E-state index >= 15 is 0 Å². The van der Waals surface area contributed by atoms with Crippen LogP contribution in [0.3, 0.4) is 0 Å². The zero-order chi connectivity index (χ0) is 28.4. The highest BCUT2D eigenvalue weighted by Gasteiger charge is 2.44. The van der Waals surface area contributed by atoms with E-state index in [1.165, 1.54) is 11.1 Å². The van der Waals surface area contributed by atoms with E-state index in [0.717, 1.165) is 40.8 Å². The van der Waals surface area contributed by atoms with Gasteiger partial charge in [-0.1, -0.05) is 67.9 Å². The van der Waals surface area contributed by atoms with Crippen molar-refractivity contribution in [1.82, 2.24) is 5.32 Å². The quantitative estimate of drug-likeness (QED) is 0.228. The SMILES string of the molecule is CCc1ccc(CC2(C)NC(c3ccc(O)cc3)c3cc(Cl)ccc3N(Cc3cccc(O)c3)C2=O)cc1CC. The Balaban J connectivity index is 1.66. The van der Waals surface area contributed by atoms with Gasteiger partial charge in [0.25, 0.3) is 0 Å². The van der Waals surface area contributed by atoms with Crippen LogP contribution in [0.1, 0.15) is 60.2 Å².